The molecule has 4 nitrogen and oxygen atoms in total. The molecule has 4 heteroatoms. The van der Waals surface area contributed by atoms with E-state index in [4.69, 9.17) is 15.8 Å². The second kappa shape index (κ2) is 4.37. The summed E-state index contributed by atoms with van der Waals surface area (Å²) in [7, 11) is 0. The zero-order valence-electron chi connectivity index (χ0n) is 9.14. The third-order valence-corrected chi connectivity index (χ3v) is 2.71. The van der Waals surface area contributed by atoms with Crippen molar-refractivity contribution in [3.8, 4) is 18.2 Å². The van der Waals surface area contributed by atoms with E-state index in [0.29, 0.717) is 17.1 Å². The zero-order valence-corrected chi connectivity index (χ0v) is 9.14. The van der Waals surface area contributed by atoms with Gasteiger partial charge in [-0.1, -0.05) is 24.3 Å². The molecule has 0 aliphatic carbocycles. The molecule has 0 saturated carbocycles. The molecule has 2 aromatic carbocycles. The summed E-state index contributed by atoms with van der Waals surface area (Å²) in [6.45, 7) is 0. The number of fused-ring (bicyclic) bond motifs is 1. The fourth-order valence-electron chi connectivity index (χ4n) is 1.93. The van der Waals surface area contributed by atoms with Gasteiger partial charge in [0.15, 0.2) is 6.29 Å². The standard InChI is InChI=1S/C14H5N3O/c15-5-11-9-3-1-2-4-10(9)14(8-18)13(7-17)12(11)6-16/h1-4,8H. The van der Waals surface area contributed by atoms with Crippen molar-refractivity contribution in [2.24, 2.45) is 0 Å². The Balaban J connectivity index is 3.18. The van der Waals surface area contributed by atoms with Gasteiger partial charge in [-0.3, -0.25) is 4.79 Å². The van der Waals surface area contributed by atoms with Gasteiger partial charge in [0.1, 0.15) is 18.2 Å². The van der Waals surface area contributed by atoms with Gasteiger partial charge >= 0.3 is 0 Å². The van der Waals surface area contributed by atoms with E-state index in [1.165, 1.54) is 0 Å². The molecule has 2 rings (SSSR count). The van der Waals surface area contributed by atoms with Crippen molar-refractivity contribution in [2.75, 3.05) is 0 Å². The number of aldehydes is 1. The first-order valence-corrected chi connectivity index (χ1v) is 5.02. The monoisotopic (exact) mass is 231 g/mol. The summed E-state index contributed by atoms with van der Waals surface area (Å²) in [5, 5.41) is 28.3. The third-order valence-electron chi connectivity index (χ3n) is 2.71. The van der Waals surface area contributed by atoms with Crippen molar-refractivity contribution in [3.05, 3.63) is 46.5 Å². The summed E-state index contributed by atoms with van der Waals surface area (Å²) in [6.07, 6.45) is 0.545. The van der Waals surface area contributed by atoms with Crippen LogP contribution in [0.5, 0.6) is 0 Å². The average Bonchev–Trinajstić information content (AvgIpc) is 2.44. The van der Waals surface area contributed by atoms with Gasteiger partial charge in [-0.15, -0.1) is 0 Å². The Morgan fingerprint density at radius 3 is 1.89 bits per heavy atom. The molecule has 0 aromatic heterocycles. The molecule has 0 spiro atoms. The van der Waals surface area contributed by atoms with Crippen LogP contribution in [0.1, 0.15) is 27.0 Å². The van der Waals surface area contributed by atoms with Gasteiger partial charge < -0.3 is 0 Å². The summed E-state index contributed by atoms with van der Waals surface area (Å²) in [5.74, 6) is 0. The van der Waals surface area contributed by atoms with Gasteiger partial charge in [0.2, 0.25) is 0 Å². The Labute approximate surface area is 103 Å². The molecule has 0 N–H and O–H groups in total. The van der Waals surface area contributed by atoms with Gasteiger partial charge in [0.25, 0.3) is 0 Å². The maximum atomic E-state index is 11.1. The predicted molar refractivity (Wildman–Crippen MR) is 63.5 cm³/mol. The maximum absolute atomic E-state index is 11.1. The van der Waals surface area contributed by atoms with Crippen molar-refractivity contribution in [3.63, 3.8) is 0 Å². The lowest BCUT2D eigenvalue weighted by Gasteiger charge is -2.07. The largest absolute Gasteiger partial charge is 0.298 e. The first kappa shape index (κ1) is 11.3. The summed E-state index contributed by atoms with van der Waals surface area (Å²) in [4.78, 5) is 11.1. The van der Waals surface area contributed by atoms with Crippen molar-refractivity contribution >= 4 is 17.1 Å². The number of hydrogen-bond acceptors (Lipinski definition) is 4. The molecule has 0 unspecified atom stereocenters. The van der Waals surface area contributed by atoms with Gasteiger partial charge in [-0.25, -0.2) is 0 Å². The van der Waals surface area contributed by atoms with E-state index < -0.39 is 0 Å². The fourth-order valence-corrected chi connectivity index (χ4v) is 1.93. The van der Waals surface area contributed by atoms with E-state index in [9.17, 15) is 4.79 Å². The molecule has 0 atom stereocenters. The lowest BCUT2D eigenvalue weighted by molar-refractivity contribution is 0.112. The fraction of sp³-hybridized carbons (Fsp3) is 0. The Kier molecular flexibility index (Phi) is 2.75. The Morgan fingerprint density at radius 1 is 0.833 bits per heavy atom. The third kappa shape index (κ3) is 1.40. The van der Waals surface area contributed by atoms with Crippen molar-refractivity contribution in [1.29, 1.82) is 15.8 Å². The first-order valence-electron chi connectivity index (χ1n) is 5.02. The van der Waals surface area contributed by atoms with Gasteiger partial charge in [0.05, 0.1) is 16.7 Å². The summed E-state index contributed by atoms with van der Waals surface area (Å²) >= 11 is 0. The van der Waals surface area contributed by atoms with Crippen LogP contribution in [0.15, 0.2) is 24.3 Å². The quantitative estimate of drug-likeness (QED) is 0.704. The van der Waals surface area contributed by atoms with Crippen LogP contribution >= 0.6 is 0 Å². The molecule has 0 saturated heterocycles. The van der Waals surface area contributed by atoms with Crippen LogP contribution in [0.4, 0.5) is 0 Å². The maximum Gasteiger partial charge on any atom is 0.152 e. The lowest BCUT2D eigenvalue weighted by Crippen LogP contribution is -1.99. The highest BCUT2D eigenvalue weighted by molar-refractivity contribution is 6.04. The normalized spacial score (nSPS) is 9.17. The van der Waals surface area contributed by atoms with Crippen LogP contribution in [0, 0.1) is 34.0 Å². The van der Waals surface area contributed by atoms with Crippen LogP contribution in [0.2, 0.25) is 0 Å². The SMILES string of the molecule is N#Cc1c(C#N)c(C=O)c2ccccc2c1C#N. The number of hydrogen-bond donors (Lipinski definition) is 0. The highest BCUT2D eigenvalue weighted by atomic mass is 16.1. The van der Waals surface area contributed by atoms with Crippen LogP contribution in [0.3, 0.4) is 0 Å². The van der Waals surface area contributed by atoms with E-state index in [1.807, 2.05) is 18.2 Å². The molecule has 0 aliphatic heterocycles. The number of carbonyl (C=O) groups excluding carboxylic acids is 1. The molecule has 0 fully saturated rings. The van der Waals surface area contributed by atoms with Crippen molar-refractivity contribution < 1.29 is 4.79 Å². The molecule has 0 radical (unpaired) electrons. The van der Waals surface area contributed by atoms with Crippen LogP contribution < -0.4 is 0 Å². The minimum atomic E-state index is -0.0409. The number of carbonyl (C=O) groups is 1. The summed E-state index contributed by atoms with van der Waals surface area (Å²) in [6, 6.07) is 12.3. The van der Waals surface area contributed by atoms with Crippen LogP contribution in [0.25, 0.3) is 10.8 Å². The second-order valence-electron chi connectivity index (χ2n) is 3.54. The molecule has 0 aliphatic rings. The van der Waals surface area contributed by atoms with E-state index in [2.05, 4.69) is 0 Å². The van der Waals surface area contributed by atoms with E-state index >= 15 is 0 Å². The molecule has 18 heavy (non-hydrogen) atoms. The predicted octanol–water partition coefficient (Wildman–Crippen LogP) is 2.27. The molecular formula is C14H5N3O. The minimum Gasteiger partial charge on any atom is -0.298 e. The number of nitrogens with zero attached hydrogens (tertiary/aromatic N) is 3. The molecule has 0 heterocycles. The molecule has 2 aromatic rings. The number of benzene rings is 2. The highest BCUT2D eigenvalue weighted by Gasteiger charge is 2.18. The number of rotatable bonds is 1. The zero-order chi connectivity index (χ0) is 13.1. The van der Waals surface area contributed by atoms with Crippen molar-refractivity contribution in [1.82, 2.24) is 0 Å². The van der Waals surface area contributed by atoms with E-state index in [-0.39, 0.29) is 22.3 Å². The van der Waals surface area contributed by atoms with Gasteiger partial charge in [-0.2, -0.15) is 15.8 Å². The molecule has 82 valence electrons. The molecule has 0 amide bonds. The number of nitriles is 3. The Bertz CT molecular complexity index is 786. The van der Waals surface area contributed by atoms with Crippen molar-refractivity contribution in [2.45, 2.75) is 0 Å². The van der Waals surface area contributed by atoms with Gasteiger partial charge in [-0.05, 0) is 5.39 Å². The smallest absolute Gasteiger partial charge is 0.152 e. The first-order chi connectivity index (χ1) is 8.78. The average molecular weight is 231 g/mol. The Hall–Kier alpha value is -3.16. The van der Waals surface area contributed by atoms with Crippen LogP contribution in [-0.2, 0) is 0 Å². The van der Waals surface area contributed by atoms with E-state index in [0.717, 1.165) is 0 Å². The second-order valence-corrected chi connectivity index (χ2v) is 3.54. The Morgan fingerprint density at radius 2 is 1.39 bits per heavy atom. The van der Waals surface area contributed by atoms with Crippen LogP contribution in [-0.4, -0.2) is 6.29 Å². The van der Waals surface area contributed by atoms with Gasteiger partial charge in [0, 0.05) is 10.9 Å². The lowest BCUT2D eigenvalue weighted by atomic mass is 9.91. The topological polar surface area (TPSA) is 88.4 Å². The highest BCUT2D eigenvalue weighted by Crippen LogP contribution is 2.28. The van der Waals surface area contributed by atoms with E-state index in [1.54, 1.807) is 24.3 Å². The molecule has 0 bridgehead atoms. The molecular weight excluding hydrogens is 226 g/mol. The summed E-state index contributed by atoms with van der Waals surface area (Å²) < 4.78 is 0. The minimum absolute atomic E-state index is 0.0391. The summed E-state index contributed by atoms with van der Waals surface area (Å²) in [5.41, 5.74) is 0.211.